The molecule has 1 saturated heterocycles. The third kappa shape index (κ3) is 4.36. The number of benzene rings is 2. The van der Waals surface area contributed by atoms with Gasteiger partial charge in [-0.05, 0) is 62.3 Å². The van der Waals surface area contributed by atoms with Crippen molar-refractivity contribution >= 4 is 43.6 Å². The van der Waals surface area contributed by atoms with Gasteiger partial charge >= 0.3 is 0 Å². The molecule has 3 aromatic rings. The maximum Gasteiger partial charge on any atom is 0.212 e. The fraction of sp³-hybridized carbons (Fsp3) is 0.238. The van der Waals surface area contributed by atoms with Crippen molar-refractivity contribution in [2.75, 3.05) is 24.1 Å². The summed E-state index contributed by atoms with van der Waals surface area (Å²) in [6.07, 6.45) is 1.14. The first-order valence-electron chi connectivity index (χ1n) is 9.84. The number of ketones is 1. The van der Waals surface area contributed by atoms with Crippen molar-refractivity contribution in [2.45, 2.75) is 23.0 Å². The van der Waals surface area contributed by atoms with E-state index in [0.717, 1.165) is 23.5 Å². The third-order valence-corrected chi connectivity index (χ3v) is 8.47. The van der Waals surface area contributed by atoms with Gasteiger partial charge in [0.05, 0.1) is 15.7 Å². The zero-order valence-corrected chi connectivity index (χ0v) is 18.4. The number of nitrogens with one attached hydrogen (secondary N) is 2. The Morgan fingerprint density at radius 2 is 1.72 bits per heavy atom. The van der Waals surface area contributed by atoms with E-state index in [1.54, 1.807) is 12.1 Å². The van der Waals surface area contributed by atoms with E-state index in [0.29, 0.717) is 31.6 Å². The molecule has 11 heteroatoms. The van der Waals surface area contributed by atoms with Crippen LogP contribution in [0.5, 0.6) is 0 Å². The van der Waals surface area contributed by atoms with Crippen LogP contribution in [0.4, 0.5) is 25.4 Å². The van der Waals surface area contributed by atoms with Crippen LogP contribution in [-0.4, -0.2) is 37.5 Å². The summed E-state index contributed by atoms with van der Waals surface area (Å²) in [6.45, 7) is 1.35. The van der Waals surface area contributed by atoms with Crippen molar-refractivity contribution < 1.29 is 22.0 Å². The van der Waals surface area contributed by atoms with Gasteiger partial charge in [0.2, 0.25) is 5.78 Å². The first kappa shape index (κ1) is 22.3. The van der Waals surface area contributed by atoms with Crippen molar-refractivity contribution in [2.24, 2.45) is 0 Å². The van der Waals surface area contributed by atoms with Crippen LogP contribution >= 0.6 is 11.3 Å². The minimum absolute atomic E-state index is 0.0957. The van der Waals surface area contributed by atoms with Gasteiger partial charge in [0.25, 0.3) is 0 Å². The number of thiazole rings is 1. The second kappa shape index (κ2) is 8.93. The van der Waals surface area contributed by atoms with Gasteiger partial charge in [-0.2, -0.15) is 0 Å². The fourth-order valence-corrected chi connectivity index (χ4v) is 6.13. The molecule has 0 radical (unpaired) electrons. The predicted octanol–water partition coefficient (Wildman–Crippen LogP) is 3.50. The Kier molecular flexibility index (Phi) is 6.22. The molecule has 2 heterocycles. The summed E-state index contributed by atoms with van der Waals surface area (Å²) in [7, 11) is -3.42. The van der Waals surface area contributed by atoms with Gasteiger partial charge < -0.3 is 16.4 Å². The molecule has 0 amide bonds. The molecule has 1 aliphatic rings. The van der Waals surface area contributed by atoms with Crippen molar-refractivity contribution in [1.29, 1.82) is 0 Å². The molecular weight excluding hydrogens is 458 g/mol. The largest absolute Gasteiger partial charge is 0.382 e. The number of hydrogen-bond acceptors (Lipinski definition) is 8. The second-order valence-electron chi connectivity index (χ2n) is 7.30. The highest BCUT2D eigenvalue weighted by Gasteiger charge is 2.29. The average molecular weight is 479 g/mol. The standard InChI is InChI=1S/C21H20F2N4O3S2/c22-15-2-1-3-16(23)17(15)18(28)19-20(24)27-21(31-19)26-12-4-6-13(7-5-12)32(29,30)14-8-10-25-11-9-14/h1-7,14,25H,8-11,24H2,(H,26,27). The molecule has 1 aliphatic heterocycles. The van der Waals surface area contributed by atoms with E-state index in [2.05, 4.69) is 15.6 Å². The molecule has 4 rings (SSSR count). The van der Waals surface area contributed by atoms with Crippen LogP contribution in [0.3, 0.4) is 0 Å². The zero-order chi connectivity index (χ0) is 22.9. The van der Waals surface area contributed by atoms with Crippen LogP contribution in [0, 0.1) is 11.6 Å². The number of halogens is 2. The lowest BCUT2D eigenvalue weighted by atomic mass is 10.1. The number of anilines is 3. The third-order valence-electron chi connectivity index (χ3n) is 5.21. The molecule has 2 aromatic carbocycles. The Labute approximate surface area is 187 Å². The van der Waals surface area contributed by atoms with E-state index in [1.165, 1.54) is 18.2 Å². The Bertz CT molecular complexity index is 1230. The summed E-state index contributed by atoms with van der Waals surface area (Å²) >= 11 is 0.852. The van der Waals surface area contributed by atoms with E-state index in [4.69, 9.17) is 5.73 Å². The summed E-state index contributed by atoms with van der Waals surface area (Å²) in [5, 5.41) is 5.92. The molecule has 168 valence electrons. The van der Waals surface area contributed by atoms with E-state index in [-0.39, 0.29) is 20.7 Å². The molecule has 0 aliphatic carbocycles. The molecule has 7 nitrogen and oxygen atoms in total. The summed E-state index contributed by atoms with van der Waals surface area (Å²) in [5.74, 6) is -3.02. The van der Waals surface area contributed by atoms with Gasteiger partial charge in [0, 0.05) is 5.69 Å². The molecule has 1 fully saturated rings. The first-order valence-corrected chi connectivity index (χ1v) is 12.2. The summed E-state index contributed by atoms with van der Waals surface area (Å²) in [5.41, 5.74) is 5.64. The maximum atomic E-state index is 14.0. The molecule has 32 heavy (non-hydrogen) atoms. The van der Waals surface area contributed by atoms with Gasteiger partial charge in [-0.3, -0.25) is 4.79 Å². The van der Waals surface area contributed by atoms with Crippen LogP contribution < -0.4 is 16.4 Å². The number of aromatic nitrogens is 1. The quantitative estimate of drug-likeness (QED) is 0.465. The van der Waals surface area contributed by atoms with E-state index in [1.807, 2.05) is 0 Å². The average Bonchev–Trinajstić information content (AvgIpc) is 3.14. The van der Waals surface area contributed by atoms with Crippen LogP contribution in [0.25, 0.3) is 0 Å². The number of carbonyl (C=O) groups is 1. The Hall–Kier alpha value is -2.89. The molecule has 0 atom stereocenters. The van der Waals surface area contributed by atoms with Gasteiger partial charge in [-0.15, -0.1) is 0 Å². The van der Waals surface area contributed by atoms with E-state index >= 15 is 0 Å². The smallest absolute Gasteiger partial charge is 0.212 e. The van der Waals surface area contributed by atoms with Gasteiger partial charge in [0.15, 0.2) is 15.0 Å². The highest BCUT2D eigenvalue weighted by atomic mass is 32.2. The summed E-state index contributed by atoms with van der Waals surface area (Å²) < 4.78 is 53.5. The summed E-state index contributed by atoms with van der Waals surface area (Å²) in [6, 6.07) is 9.35. The molecule has 1 aromatic heterocycles. The predicted molar refractivity (Wildman–Crippen MR) is 119 cm³/mol. The molecule has 4 N–H and O–H groups in total. The van der Waals surface area contributed by atoms with Crippen LogP contribution in [0.1, 0.15) is 28.1 Å². The Balaban J connectivity index is 1.52. The van der Waals surface area contributed by atoms with Crippen LogP contribution in [0.15, 0.2) is 47.4 Å². The highest BCUT2D eigenvalue weighted by molar-refractivity contribution is 7.92. The Morgan fingerprint density at radius 1 is 1.09 bits per heavy atom. The van der Waals surface area contributed by atoms with Crippen LogP contribution in [0.2, 0.25) is 0 Å². The monoisotopic (exact) mass is 478 g/mol. The first-order chi connectivity index (χ1) is 15.3. The van der Waals surface area contributed by atoms with Gasteiger partial charge in [0.1, 0.15) is 22.3 Å². The summed E-state index contributed by atoms with van der Waals surface area (Å²) in [4.78, 5) is 16.8. The second-order valence-corrected chi connectivity index (χ2v) is 10.5. The number of hydrogen-bond donors (Lipinski definition) is 3. The van der Waals surface area contributed by atoms with E-state index < -0.39 is 38.1 Å². The van der Waals surface area contributed by atoms with Gasteiger partial charge in [-0.25, -0.2) is 22.2 Å². The number of nitrogen functional groups attached to an aromatic ring is 1. The molecule has 0 bridgehead atoms. The lowest BCUT2D eigenvalue weighted by Gasteiger charge is -2.22. The molecule has 0 spiro atoms. The van der Waals surface area contributed by atoms with Crippen molar-refractivity contribution in [3.63, 3.8) is 0 Å². The number of nitrogens with zero attached hydrogens (tertiary/aromatic N) is 1. The van der Waals surface area contributed by atoms with Gasteiger partial charge in [-0.1, -0.05) is 17.4 Å². The van der Waals surface area contributed by atoms with Crippen molar-refractivity contribution in [3.8, 4) is 0 Å². The molecule has 0 saturated carbocycles. The maximum absolute atomic E-state index is 14.0. The molecular formula is C21H20F2N4O3S2. The zero-order valence-electron chi connectivity index (χ0n) is 16.8. The Morgan fingerprint density at radius 3 is 2.34 bits per heavy atom. The van der Waals surface area contributed by atoms with Crippen molar-refractivity contribution in [1.82, 2.24) is 10.3 Å². The number of sulfone groups is 1. The SMILES string of the molecule is Nc1nc(Nc2ccc(S(=O)(=O)C3CCNCC3)cc2)sc1C(=O)c1c(F)cccc1F. The highest BCUT2D eigenvalue weighted by Crippen LogP contribution is 2.31. The lowest BCUT2D eigenvalue weighted by molar-refractivity contribution is 0.103. The fourth-order valence-electron chi connectivity index (χ4n) is 3.53. The van der Waals surface area contributed by atoms with Crippen molar-refractivity contribution in [3.05, 3.63) is 64.5 Å². The number of rotatable bonds is 6. The molecule has 0 unspecified atom stereocenters. The van der Waals surface area contributed by atoms with E-state index in [9.17, 15) is 22.0 Å². The minimum atomic E-state index is -3.42. The lowest BCUT2D eigenvalue weighted by Crippen LogP contribution is -2.35. The minimum Gasteiger partial charge on any atom is -0.382 e. The number of piperidine rings is 1. The number of carbonyl (C=O) groups excluding carboxylic acids is 1. The normalized spacial score (nSPS) is 14.9. The van der Waals surface area contributed by atoms with Crippen LogP contribution in [-0.2, 0) is 9.84 Å². The number of nitrogens with two attached hydrogens (primary N) is 1. The topological polar surface area (TPSA) is 114 Å².